The van der Waals surface area contributed by atoms with Gasteiger partial charge in [-0.25, -0.2) is 9.37 Å². The van der Waals surface area contributed by atoms with Gasteiger partial charge in [0.1, 0.15) is 5.82 Å². The van der Waals surface area contributed by atoms with E-state index >= 15 is 0 Å². The van der Waals surface area contributed by atoms with Gasteiger partial charge in [0.2, 0.25) is 5.91 Å². The van der Waals surface area contributed by atoms with Crippen molar-refractivity contribution in [3.8, 4) is 0 Å². The zero-order chi connectivity index (χ0) is 20.2. The quantitative estimate of drug-likeness (QED) is 0.614. The summed E-state index contributed by atoms with van der Waals surface area (Å²) in [7, 11) is 0. The smallest absolute Gasteiger partial charge is 0.246 e. The van der Waals surface area contributed by atoms with E-state index in [2.05, 4.69) is 14.9 Å². The number of carbonyl (C=O) groups is 1. The molecule has 1 aromatic heterocycles. The molecule has 2 aromatic carbocycles. The Bertz CT molecular complexity index is 1040. The molecule has 1 aliphatic rings. The maximum Gasteiger partial charge on any atom is 0.246 e. The molecule has 2 heterocycles. The van der Waals surface area contributed by atoms with Crippen LogP contribution in [0.3, 0.4) is 0 Å². The van der Waals surface area contributed by atoms with Gasteiger partial charge in [-0.3, -0.25) is 14.7 Å². The van der Waals surface area contributed by atoms with E-state index in [0.717, 1.165) is 11.0 Å². The fraction of sp³-hybridized carbons (Fsp3) is 0.227. The van der Waals surface area contributed by atoms with Gasteiger partial charge in [0, 0.05) is 49.4 Å². The maximum atomic E-state index is 14.0. The number of benzene rings is 2. The van der Waals surface area contributed by atoms with E-state index in [4.69, 9.17) is 11.6 Å². The molecular weight excluding hydrogens is 391 g/mol. The third-order valence-electron chi connectivity index (χ3n) is 4.99. The summed E-state index contributed by atoms with van der Waals surface area (Å²) < 4.78 is 14.0. The van der Waals surface area contributed by atoms with E-state index in [9.17, 15) is 9.18 Å². The summed E-state index contributed by atoms with van der Waals surface area (Å²) in [4.78, 5) is 25.2. The predicted molar refractivity (Wildman–Crippen MR) is 112 cm³/mol. The number of aromatic nitrogens is 2. The zero-order valence-corrected chi connectivity index (χ0v) is 16.5. The Labute approximate surface area is 173 Å². The molecule has 1 saturated heterocycles. The molecule has 5 nitrogen and oxygen atoms in total. The van der Waals surface area contributed by atoms with E-state index in [0.29, 0.717) is 49.0 Å². The first kappa shape index (κ1) is 19.5. The molecule has 1 amide bonds. The molecule has 0 bridgehead atoms. The number of rotatable bonds is 4. The fourth-order valence-electron chi connectivity index (χ4n) is 3.35. The van der Waals surface area contributed by atoms with Gasteiger partial charge in [-0.15, -0.1) is 0 Å². The van der Waals surface area contributed by atoms with Gasteiger partial charge < -0.3 is 4.90 Å². The van der Waals surface area contributed by atoms with Crippen LogP contribution in [0.2, 0.25) is 5.02 Å². The number of hydrogen-bond donors (Lipinski definition) is 0. The molecule has 148 valence electrons. The minimum atomic E-state index is -0.296. The van der Waals surface area contributed by atoms with Crippen LogP contribution in [0, 0.1) is 5.82 Å². The number of carbonyl (C=O) groups excluding carboxylic acids is 1. The monoisotopic (exact) mass is 410 g/mol. The van der Waals surface area contributed by atoms with Crippen LogP contribution in [0.1, 0.15) is 11.3 Å². The Balaban J connectivity index is 1.34. The van der Waals surface area contributed by atoms with Gasteiger partial charge in [-0.05, 0) is 30.3 Å². The Morgan fingerprint density at radius 3 is 2.59 bits per heavy atom. The third-order valence-corrected chi connectivity index (χ3v) is 5.35. The van der Waals surface area contributed by atoms with E-state index in [1.165, 1.54) is 12.1 Å². The molecular formula is C22H20ClFN4O. The Morgan fingerprint density at radius 2 is 1.83 bits per heavy atom. The van der Waals surface area contributed by atoms with Gasteiger partial charge >= 0.3 is 0 Å². The Morgan fingerprint density at radius 1 is 1.07 bits per heavy atom. The van der Waals surface area contributed by atoms with E-state index in [1.807, 2.05) is 24.3 Å². The highest BCUT2D eigenvalue weighted by Gasteiger charge is 2.21. The Kier molecular flexibility index (Phi) is 5.83. The summed E-state index contributed by atoms with van der Waals surface area (Å²) >= 11 is 6.11. The topological polar surface area (TPSA) is 49.3 Å². The standard InChI is InChI=1S/C22H20ClFN4O/c23-18-4-3-5-19(24)17(18)15-27-10-12-28(13-11-27)22(29)9-8-16-14-25-20-6-1-2-7-21(20)26-16/h1-9,14H,10-13,15H2/b9-8+. The second-order valence-electron chi connectivity index (χ2n) is 6.92. The molecule has 0 spiro atoms. The molecule has 29 heavy (non-hydrogen) atoms. The number of piperazine rings is 1. The highest BCUT2D eigenvalue weighted by molar-refractivity contribution is 6.31. The molecule has 0 aliphatic carbocycles. The second kappa shape index (κ2) is 8.68. The van der Waals surface area contributed by atoms with E-state index in [-0.39, 0.29) is 11.7 Å². The lowest BCUT2D eigenvalue weighted by Gasteiger charge is -2.34. The highest BCUT2D eigenvalue weighted by Crippen LogP contribution is 2.21. The van der Waals surface area contributed by atoms with Crippen molar-refractivity contribution in [1.82, 2.24) is 19.8 Å². The summed E-state index contributed by atoms with van der Waals surface area (Å²) in [5.74, 6) is -0.362. The second-order valence-corrected chi connectivity index (χ2v) is 7.33. The van der Waals surface area contributed by atoms with Crippen molar-refractivity contribution in [2.24, 2.45) is 0 Å². The average Bonchev–Trinajstić information content (AvgIpc) is 2.75. The van der Waals surface area contributed by atoms with Gasteiger partial charge in [-0.1, -0.05) is 29.8 Å². The van der Waals surface area contributed by atoms with Crippen LogP contribution in [0.4, 0.5) is 4.39 Å². The highest BCUT2D eigenvalue weighted by atomic mass is 35.5. The SMILES string of the molecule is O=C(/C=C/c1cnc2ccccc2n1)N1CCN(Cc2c(F)cccc2Cl)CC1. The lowest BCUT2D eigenvalue weighted by molar-refractivity contribution is -0.127. The van der Waals surface area contributed by atoms with Gasteiger partial charge in [0.15, 0.2) is 0 Å². The van der Waals surface area contributed by atoms with E-state index in [1.54, 1.807) is 29.3 Å². The van der Waals surface area contributed by atoms with Crippen molar-refractivity contribution in [3.05, 3.63) is 76.8 Å². The summed E-state index contributed by atoms with van der Waals surface area (Å²) in [5.41, 5.74) is 2.76. The number of fused-ring (bicyclic) bond motifs is 1. The van der Waals surface area contributed by atoms with Crippen molar-refractivity contribution in [2.75, 3.05) is 26.2 Å². The lowest BCUT2D eigenvalue weighted by atomic mass is 10.2. The van der Waals surface area contributed by atoms with E-state index < -0.39 is 0 Å². The predicted octanol–water partition coefficient (Wildman–Crippen LogP) is 3.78. The van der Waals surface area contributed by atoms with Crippen LogP contribution in [0.15, 0.2) is 54.7 Å². The summed E-state index contributed by atoms with van der Waals surface area (Å²) in [6.45, 7) is 2.94. The first-order valence-corrected chi connectivity index (χ1v) is 9.82. The van der Waals surface area contributed by atoms with Crippen molar-refractivity contribution in [2.45, 2.75) is 6.54 Å². The molecule has 1 aliphatic heterocycles. The number of amides is 1. The molecule has 0 N–H and O–H groups in total. The third kappa shape index (κ3) is 4.60. The first-order chi connectivity index (χ1) is 14.1. The number of para-hydroxylation sites is 2. The van der Waals surface area contributed by atoms with Crippen LogP contribution in [0.5, 0.6) is 0 Å². The van der Waals surface area contributed by atoms with Crippen LogP contribution < -0.4 is 0 Å². The molecule has 0 radical (unpaired) electrons. The number of halogens is 2. The van der Waals surface area contributed by atoms with Crippen LogP contribution in [0.25, 0.3) is 17.1 Å². The van der Waals surface area contributed by atoms with Crippen LogP contribution >= 0.6 is 11.6 Å². The van der Waals surface area contributed by atoms with Gasteiger partial charge in [0.05, 0.1) is 22.9 Å². The summed E-state index contributed by atoms with van der Waals surface area (Å²) in [6, 6.07) is 12.3. The Hall–Kier alpha value is -2.83. The molecule has 4 rings (SSSR count). The molecule has 0 unspecified atom stereocenters. The summed E-state index contributed by atoms with van der Waals surface area (Å²) in [6.07, 6.45) is 4.87. The van der Waals surface area contributed by atoms with Crippen LogP contribution in [-0.2, 0) is 11.3 Å². The summed E-state index contributed by atoms with van der Waals surface area (Å²) in [5, 5.41) is 0.433. The van der Waals surface area contributed by atoms with Crippen molar-refractivity contribution >= 4 is 34.6 Å². The number of hydrogen-bond acceptors (Lipinski definition) is 4. The molecule has 0 saturated carbocycles. The average molecular weight is 411 g/mol. The number of nitrogens with zero attached hydrogens (tertiary/aromatic N) is 4. The minimum absolute atomic E-state index is 0.0662. The van der Waals surface area contributed by atoms with Crippen molar-refractivity contribution in [1.29, 1.82) is 0 Å². The maximum absolute atomic E-state index is 14.0. The fourth-order valence-corrected chi connectivity index (χ4v) is 3.57. The zero-order valence-electron chi connectivity index (χ0n) is 15.8. The molecule has 3 aromatic rings. The van der Waals surface area contributed by atoms with Gasteiger partial charge in [0.25, 0.3) is 0 Å². The molecule has 0 atom stereocenters. The van der Waals surface area contributed by atoms with Crippen molar-refractivity contribution < 1.29 is 9.18 Å². The lowest BCUT2D eigenvalue weighted by Crippen LogP contribution is -2.47. The molecule has 7 heteroatoms. The van der Waals surface area contributed by atoms with Gasteiger partial charge in [-0.2, -0.15) is 0 Å². The van der Waals surface area contributed by atoms with Crippen LogP contribution in [-0.4, -0.2) is 51.9 Å². The largest absolute Gasteiger partial charge is 0.337 e. The molecule has 1 fully saturated rings. The first-order valence-electron chi connectivity index (χ1n) is 9.44. The van der Waals surface area contributed by atoms with Crippen molar-refractivity contribution in [3.63, 3.8) is 0 Å². The minimum Gasteiger partial charge on any atom is -0.337 e. The normalized spacial score (nSPS) is 15.3.